The Morgan fingerprint density at radius 1 is 1.35 bits per heavy atom. The van der Waals surface area contributed by atoms with Crippen LogP contribution >= 0.6 is 0 Å². The zero-order valence-electron chi connectivity index (χ0n) is 15.5. The molecule has 1 saturated heterocycles. The van der Waals surface area contributed by atoms with Gasteiger partial charge < -0.3 is 10.1 Å². The third-order valence-electron chi connectivity index (χ3n) is 4.97. The molecule has 2 atom stereocenters. The van der Waals surface area contributed by atoms with E-state index in [4.69, 9.17) is 4.74 Å². The van der Waals surface area contributed by atoms with Crippen LogP contribution in [0.25, 0.3) is 0 Å². The number of ether oxygens (including phenoxy) is 1. The Morgan fingerprint density at radius 2 is 2.04 bits per heavy atom. The number of amides is 1. The number of carbonyl (C=O) groups is 1. The van der Waals surface area contributed by atoms with Gasteiger partial charge in [0.25, 0.3) is 0 Å². The van der Waals surface area contributed by atoms with Gasteiger partial charge in [-0.3, -0.25) is 4.79 Å². The number of hydrogen-bond donors (Lipinski definition) is 1. The molecule has 7 heteroatoms. The average Bonchev–Trinajstić information content (AvgIpc) is 2.66. The summed E-state index contributed by atoms with van der Waals surface area (Å²) in [7, 11) is -1.99. The van der Waals surface area contributed by atoms with Gasteiger partial charge in [0.2, 0.25) is 15.9 Å². The number of carbonyl (C=O) groups excluding carboxylic acids is 1. The molecular weight excluding hydrogens is 352 g/mol. The summed E-state index contributed by atoms with van der Waals surface area (Å²) in [5.41, 5.74) is 0. The molecule has 0 saturated carbocycles. The molecule has 6 nitrogen and oxygen atoms in total. The van der Waals surface area contributed by atoms with Crippen LogP contribution in [0.1, 0.15) is 26.2 Å². The number of methoxy groups -OCH3 is 1. The molecule has 2 unspecified atom stereocenters. The Kier molecular flexibility index (Phi) is 7.23. The number of piperidine rings is 1. The second-order valence-electron chi connectivity index (χ2n) is 6.55. The van der Waals surface area contributed by atoms with Crippen molar-refractivity contribution in [1.82, 2.24) is 9.62 Å². The van der Waals surface area contributed by atoms with E-state index >= 15 is 0 Å². The Hall–Kier alpha value is -1.86. The van der Waals surface area contributed by atoms with E-state index in [1.165, 1.54) is 0 Å². The van der Waals surface area contributed by atoms with Crippen molar-refractivity contribution in [3.63, 3.8) is 0 Å². The molecule has 144 valence electrons. The first kappa shape index (κ1) is 20.5. The molecule has 0 bridgehead atoms. The van der Waals surface area contributed by atoms with Crippen LogP contribution in [-0.4, -0.2) is 45.4 Å². The summed E-state index contributed by atoms with van der Waals surface area (Å²) >= 11 is 0. The first-order valence-electron chi connectivity index (χ1n) is 8.94. The van der Waals surface area contributed by atoms with Gasteiger partial charge in [0.1, 0.15) is 5.75 Å². The van der Waals surface area contributed by atoms with Crippen LogP contribution in [-0.2, 0) is 14.8 Å². The predicted octanol–water partition coefficient (Wildman–Crippen LogP) is 2.42. The molecule has 1 aliphatic heterocycles. The van der Waals surface area contributed by atoms with Crippen molar-refractivity contribution in [2.75, 3.05) is 26.7 Å². The number of rotatable bonds is 8. The molecule has 1 aromatic rings. The summed E-state index contributed by atoms with van der Waals surface area (Å²) in [5.74, 6) is 0.998. The van der Waals surface area contributed by atoms with Gasteiger partial charge in [-0.1, -0.05) is 19.4 Å². The minimum atomic E-state index is -3.53. The van der Waals surface area contributed by atoms with Crippen LogP contribution in [0.3, 0.4) is 0 Å². The number of nitrogens with zero attached hydrogens (tertiary/aromatic N) is 1. The van der Waals surface area contributed by atoms with Crippen LogP contribution in [0.15, 0.2) is 41.8 Å². The zero-order valence-corrected chi connectivity index (χ0v) is 16.3. The van der Waals surface area contributed by atoms with Crippen molar-refractivity contribution >= 4 is 15.9 Å². The molecule has 0 aromatic heterocycles. The van der Waals surface area contributed by atoms with Crippen LogP contribution in [0.2, 0.25) is 0 Å². The van der Waals surface area contributed by atoms with Gasteiger partial charge in [0.15, 0.2) is 0 Å². The van der Waals surface area contributed by atoms with Gasteiger partial charge in [-0.05, 0) is 42.5 Å². The molecule has 1 aliphatic rings. The lowest BCUT2D eigenvalue weighted by atomic mass is 9.82. The third-order valence-corrected chi connectivity index (χ3v) is 6.85. The molecule has 1 heterocycles. The summed E-state index contributed by atoms with van der Waals surface area (Å²) in [5, 5.41) is 2.80. The van der Waals surface area contributed by atoms with E-state index in [1.54, 1.807) is 41.8 Å². The van der Waals surface area contributed by atoms with Gasteiger partial charge in [-0.15, -0.1) is 6.58 Å². The molecule has 0 aliphatic carbocycles. The third kappa shape index (κ3) is 4.86. The monoisotopic (exact) mass is 380 g/mol. The second-order valence-corrected chi connectivity index (χ2v) is 8.49. The fourth-order valence-corrected chi connectivity index (χ4v) is 4.90. The molecule has 1 N–H and O–H groups in total. The molecule has 0 radical (unpaired) electrons. The summed E-state index contributed by atoms with van der Waals surface area (Å²) in [6.45, 7) is 6.98. The first-order chi connectivity index (χ1) is 12.4. The first-order valence-corrected chi connectivity index (χ1v) is 10.4. The smallest absolute Gasteiger partial charge is 0.243 e. The Labute approximate surface area is 156 Å². The van der Waals surface area contributed by atoms with E-state index < -0.39 is 10.0 Å². The summed E-state index contributed by atoms with van der Waals surface area (Å²) in [6.07, 6.45) is 3.62. The maximum Gasteiger partial charge on any atom is 0.243 e. The minimum absolute atomic E-state index is 0.000174. The number of hydrogen-bond acceptors (Lipinski definition) is 4. The van der Waals surface area contributed by atoms with Gasteiger partial charge in [-0.2, -0.15) is 4.31 Å². The maximum absolute atomic E-state index is 12.9. The van der Waals surface area contributed by atoms with E-state index in [-0.39, 0.29) is 22.6 Å². The van der Waals surface area contributed by atoms with Gasteiger partial charge in [0, 0.05) is 26.1 Å². The summed E-state index contributed by atoms with van der Waals surface area (Å²) in [6, 6.07) is 6.45. The quantitative estimate of drug-likeness (QED) is 0.703. The van der Waals surface area contributed by atoms with Gasteiger partial charge in [0.05, 0.1) is 12.0 Å². The lowest BCUT2D eigenvalue weighted by Gasteiger charge is -2.37. The van der Waals surface area contributed by atoms with E-state index in [0.29, 0.717) is 38.2 Å². The minimum Gasteiger partial charge on any atom is -0.497 e. The van der Waals surface area contributed by atoms with E-state index in [0.717, 1.165) is 6.42 Å². The number of nitrogens with one attached hydrogen (secondary N) is 1. The SMILES string of the molecule is C=CCNC(=O)CC1CCN(S(=O)(=O)c2ccc(OC)cc2)CC1CC. The number of benzene rings is 1. The molecule has 2 rings (SSSR count). The predicted molar refractivity (Wildman–Crippen MR) is 101 cm³/mol. The molecular formula is C19H28N2O4S. The van der Waals surface area contributed by atoms with Crippen molar-refractivity contribution in [2.45, 2.75) is 31.1 Å². The largest absolute Gasteiger partial charge is 0.497 e. The highest BCUT2D eigenvalue weighted by molar-refractivity contribution is 7.89. The molecule has 26 heavy (non-hydrogen) atoms. The fraction of sp³-hybridized carbons (Fsp3) is 0.526. The Bertz CT molecular complexity index is 716. The Balaban J connectivity index is 2.06. The standard InChI is InChI=1S/C19H28N2O4S/c1-4-11-20-19(22)13-16-10-12-21(14-15(16)5-2)26(23,24)18-8-6-17(25-3)7-9-18/h4,6-9,15-16H,1,5,10-14H2,2-3H3,(H,20,22). The topological polar surface area (TPSA) is 75.7 Å². The lowest BCUT2D eigenvalue weighted by molar-refractivity contribution is -0.122. The van der Waals surface area contributed by atoms with Crippen molar-refractivity contribution in [3.8, 4) is 5.75 Å². The van der Waals surface area contributed by atoms with Crippen molar-refractivity contribution < 1.29 is 17.9 Å². The molecule has 1 fully saturated rings. The van der Waals surface area contributed by atoms with Crippen LogP contribution in [0.5, 0.6) is 5.75 Å². The van der Waals surface area contributed by atoms with Crippen LogP contribution in [0, 0.1) is 11.8 Å². The summed E-state index contributed by atoms with van der Waals surface area (Å²) < 4.78 is 32.5. The van der Waals surface area contributed by atoms with Gasteiger partial charge in [-0.25, -0.2) is 8.42 Å². The zero-order chi connectivity index (χ0) is 19.2. The average molecular weight is 381 g/mol. The van der Waals surface area contributed by atoms with Crippen molar-refractivity contribution in [1.29, 1.82) is 0 Å². The van der Waals surface area contributed by atoms with Crippen LogP contribution < -0.4 is 10.1 Å². The molecule has 1 amide bonds. The number of sulfonamides is 1. The van der Waals surface area contributed by atoms with Gasteiger partial charge >= 0.3 is 0 Å². The Morgan fingerprint density at radius 3 is 2.62 bits per heavy atom. The highest BCUT2D eigenvalue weighted by Crippen LogP contribution is 2.32. The fourth-order valence-electron chi connectivity index (χ4n) is 3.39. The van der Waals surface area contributed by atoms with Crippen molar-refractivity contribution in [3.05, 3.63) is 36.9 Å². The lowest BCUT2D eigenvalue weighted by Crippen LogP contribution is -2.44. The summed E-state index contributed by atoms with van der Waals surface area (Å²) in [4.78, 5) is 12.3. The van der Waals surface area contributed by atoms with E-state index in [9.17, 15) is 13.2 Å². The van der Waals surface area contributed by atoms with E-state index in [2.05, 4.69) is 11.9 Å². The molecule has 0 spiro atoms. The second kappa shape index (κ2) is 9.19. The van der Waals surface area contributed by atoms with Crippen LogP contribution in [0.4, 0.5) is 0 Å². The van der Waals surface area contributed by atoms with E-state index in [1.807, 2.05) is 6.92 Å². The highest BCUT2D eigenvalue weighted by atomic mass is 32.2. The van der Waals surface area contributed by atoms with Crippen molar-refractivity contribution in [2.24, 2.45) is 11.8 Å². The maximum atomic E-state index is 12.9. The normalized spacial score (nSPS) is 21.2. The highest BCUT2D eigenvalue weighted by Gasteiger charge is 2.35. The molecule has 1 aromatic carbocycles.